The molecule has 0 aliphatic heterocycles. The molecule has 2 heterocycles. The van der Waals surface area contributed by atoms with Crippen LogP contribution in [0.1, 0.15) is 0 Å². The molecule has 1 aromatic carbocycles. The molecule has 4 heteroatoms. The molecule has 18 heavy (non-hydrogen) atoms. The Kier molecular flexibility index (Phi) is 2.53. The third-order valence-electron chi connectivity index (χ3n) is 2.73. The first-order chi connectivity index (χ1) is 8.86. The second-order valence-electron chi connectivity index (χ2n) is 3.88. The van der Waals surface area contributed by atoms with E-state index in [1.54, 1.807) is 18.5 Å². The molecule has 0 radical (unpaired) electrons. The van der Waals surface area contributed by atoms with Gasteiger partial charge in [-0.25, -0.2) is 9.67 Å². The van der Waals surface area contributed by atoms with Gasteiger partial charge < -0.3 is 0 Å². The Morgan fingerprint density at radius 1 is 1.00 bits per heavy atom. The minimum absolute atomic E-state index is 0.0973. The largest absolute Gasteiger partial charge is 0.296 e. The van der Waals surface area contributed by atoms with Crippen LogP contribution >= 0.6 is 0 Å². The van der Waals surface area contributed by atoms with Gasteiger partial charge in [0, 0.05) is 12.4 Å². The van der Waals surface area contributed by atoms with Crippen molar-refractivity contribution in [1.82, 2.24) is 14.8 Å². The Morgan fingerprint density at radius 3 is 2.50 bits per heavy atom. The Morgan fingerprint density at radius 2 is 1.78 bits per heavy atom. The van der Waals surface area contributed by atoms with Crippen molar-refractivity contribution in [2.24, 2.45) is 0 Å². The van der Waals surface area contributed by atoms with Crippen molar-refractivity contribution < 1.29 is 0 Å². The highest BCUT2D eigenvalue weighted by Gasteiger charge is 2.09. The molecular weight excluding hydrogens is 226 g/mol. The van der Waals surface area contributed by atoms with Crippen LogP contribution in [0.25, 0.3) is 16.9 Å². The molecule has 0 saturated heterocycles. The highest BCUT2D eigenvalue weighted by molar-refractivity contribution is 5.61. The van der Waals surface area contributed by atoms with E-state index >= 15 is 0 Å². The lowest BCUT2D eigenvalue weighted by atomic mass is 10.1. The van der Waals surface area contributed by atoms with Crippen LogP contribution < -0.4 is 5.56 Å². The van der Waals surface area contributed by atoms with Gasteiger partial charge in [0.05, 0.1) is 5.56 Å². The first-order valence-corrected chi connectivity index (χ1v) is 5.63. The minimum atomic E-state index is -0.0973. The number of hydrogen-bond acceptors (Lipinski definition) is 2. The van der Waals surface area contributed by atoms with Crippen LogP contribution in [0.3, 0.4) is 0 Å². The number of H-pyrrole nitrogens is 1. The predicted octanol–water partition coefficient (Wildman–Crippen LogP) is 2.23. The summed E-state index contributed by atoms with van der Waals surface area (Å²) in [6, 6.07) is 15.0. The molecule has 2 aromatic heterocycles. The quantitative estimate of drug-likeness (QED) is 0.743. The van der Waals surface area contributed by atoms with E-state index in [4.69, 9.17) is 0 Å². The van der Waals surface area contributed by atoms with Crippen molar-refractivity contribution in [2.75, 3.05) is 0 Å². The average Bonchev–Trinajstić information content (AvgIpc) is 2.83. The van der Waals surface area contributed by atoms with Crippen LogP contribution in [0, 0.1) is 0 Å². The van der Waals surface area contributed by atoms with Crippen molar-refractivity contribution in [3.63, 3.8) is 0 Å². The number of nitrogens with one attached hydrogen (secondary N) is 1. The fourth-order valence-corrected chi connectivity index (χ4v) is 1.85. The van der Waals surface area contributed by atoms with Crippen molar-refractivity contribution in [3.05, 3.63) is 71.3 Å². The predicted molar refractivity (Wildman–Crippen MR) is 69.6 cm³/mol. The molecule has 0 unspecified atom stereocenters. The molecule has 0 atom stereocenters. The van der Waals surface area contributed by atoms with E-state index in [2.05, 4.69) is 10.1 Å². The summed E-state index contributed by atoms with van der Waals surface area (Å²) in [5.74, 6) is 0.588. The van der Waals surface area contributed by atoms with E-state index in [0.29, 0.717) is 11.4 Å². The van der Waals surface area contributed by atoms with Gasteiger partial charge in [0.25, 0.3) is 5.56 Å². The SMILES string of the molecule is O=c1c(-c2ccccc2)c[nH]n1-c1ccccn1. The second kappa shape index (κ2) is 4.33. The van der Waals surface area contributed by atoms with Gasteiger partial charge in [-0.3, -0.25) is 9.89 Å². The van der Waals surface area contributed by atoms with E-state index in [1.165, 1.54) is 4.68 Å². The first-order valence-electron chi connectivity index (χ1n) is 5.63. The van der Waals surface area contributed by atoms with Crippen LogP contribution in [0.15, 0.2) is 65.7 Å². The van der Waals surface area contributed by atoms with Gasteiger partial charge in [0.2, 0.25) is 0 Å². The fraction of sp³-hybridized carbons (Fsp3) is 0. The van der Waals surface area contributed by atoms with Gasteiger partial charge in [-0.15, -0.1) is 0 Å². The first kappa shape index (κ1) is 10.5. The van der Waals surface area contributed by atoms with E-state index in [9.17, 15) is 4.79 Å². The lowest BCUT2D eigenvalue weighted by Gasteiger charge is -1.98. The molecule has 0 aliphatic carbocycles. The zero-order valence-corrected chi connectivity index (χ0v) is 9.58. The Hall–Kier alpha value is -2.62. The number of rotatable bonds is 2. The maximum absolute atomic E-state index is 12.3. The highest BCUT2D eigenvalue weighted by Crippen LogP contribution is 2.14. The fourth-order valence-electron chi connectivity index (χ4n) is 1.85. The number of aromatic amines is 1. The van der Waals surface area contributed by atoms with Gasteiger partial charge in [-0.1, -0.05) is 36.4 Å². The summed E-state index contributed by atoms with van der Waals surface area (Å²) in [4.78, 5) is 16.4. The summed E-state index contributed by atoms with van der Waals surface area (Å²) in [7, 11) is 0. The van der Waals surface area contributed by atoms with Crippen molar-refractivity contribution in [3.8, 4) is 16.9 Å². The number of aromatic nitrogens is 3. The molecule has 3 rings (SSSR count). The number of pyridine rings is 1. The zero-order valence-electron chi connectivity index (χ0n) is 9.58. The van der Waals surface area contributed by atoms with E-state index in [-0.39, 0.29) is 5.56 Å². The number of benzene rings is 1. The van der Waals surface area contributed by atoms with Gasteiger partial charge >= 0.3 is 0 Å². The summed E-state index contributed by atoms with van der Waals surface area (Å²) in [5.41, 5.74) is 1.44. The van der Waals surface area contributed by atoms with E-state index < -0.39 is 0 Å². The summed E-state index contributed by atoms with van der Waals surface area (Å²) in [6.45, 7) is 0. The summed E-state index contributed by atoms with van der Waals surface area (Å²) < 4.78 is 1.43. The third kappa shape index (κ3) is 1.73. The van der Waals surface area contributed by atoms with Crippen LogP contribution in [-0.2, 0) is 0 Å². The van der Waals surface area contributed by atoms with E-state index in [1.807, 2.05) is 42.5 Å². The Labute approximate surface area is 104 Å². The Balaban J connectivity index is 2.12. The normalized spacial score (nSPS) is 10.4. The third-order valence-corrected chi connectivity index (χ3v) is 2.73. The maximum Gasteiger partial charge on any atom is 0.280 e. The van der Waals surface area contributed by atoms with Crippen LogP contribution in [0.5, 0.6) is 0 Å². The molecule has 0 bridgehead atoms. The van der Waals surface area contributed by atoms with Crippen molar-refractivity contribution >= 4 is 0 Å². The van der Waals surface area contributed by atoms with Crippen molar-refractivity contribution in [2.45, 2.75) is 0 Å². The molecular formula is C14H11N3O. The molecule has 1 N–H and O–H groups in total. The second-order valence-corrected chi connectivity index (χ2v) is 3.88. The summed E-state index contributed by atoms with van der Waals surface area (Å²) in [6.07, 6.45) is 3.36. The molecule has 0 saturated carbocycles. The molecule has 0 fully saturated rings. The zero-order chi connectivity index (χ0) is 12.4. The average molecular weight is 237 g/mol. The topological polar surface area (TPSA) is 50.7 Å². The van der Waals surface area contributed by atoms with Crippen LogP contribution in [0.2, 0.25) is 0 Å². The lowest BCUT2D eigenvalue weighted by Crippen LogP contribution is -2.16. The lowest BCUT2D eigenvalue weighted by molar-refractivity contribution is 0.819. The van der Waals surface area contributed by atoms with Gasteiger partial charge in [0.1, 0.15) is 0 Å². The molecule has 0 aliphatic rings. The van der Waals surface area contributed by atoms with Gasteiger partial charge in [-0.05, 0) is 17.7 Å². The maximum atomic E-state index is 12.3. The highest BCUT2D eigenvalue weighted by atomic mass is 16.1. The van der Waals surface area contributed by atoms with Gasteiger partial charge in [-0.2, -0.15) is 0 Å². The molecule has 0 spiro atoms. The monoisotopic (exact) mass is 237 g/mol. The molecule has 3 aromatic rings. The Bertz CT molecular complexity index is 639. The molecule has 0 amide bonds. The summed E-state index contributed by atoms with van der Waals surface area (Å²) in [5, 5.41) is 2.93. The van der Waals surface area contributed by atoms with Crippen molar-refractivity contribution in [1.29, 1.82) is 0 Å². The number of nitrogens with zero attached hydrogens (tertiary/aromatic N) is 2. The molecule has 4 nitrogen and oxygen atoms in total. The van der Waals surface area contributed by atoms with Crippen LogP contribution in [0.4, 0.5) is 0 Å². The number of hydrogen-bond donors (Lipinski definition) is 1. The minimum Gasteiger partial charge on any atom is -0.296 e. The molecule has 88 valence electrons. The van der Waals surface area contributed by atoms with Gasteiger partial charge in [0.15, 0.2) is 5.82 Å². The van der Waals surface area contributed by atoms with Crippen LogP contribution in [-0.4, -0.2) is 14.8 Å². The summed E-state index contributed by atoms with van der Waals surface area (Å²) >= 11 is 0. The smallest absolute Gasteiger partial charge is 0.280 e. The van der Waals surface area contributed by atoms with E-state index in [0.717, 1.165) is 5.56 Å². The standard InChI is InChI=1S/C14H11N3O/c18-14-12(11-6-2-1-3-7-11)10-16-17(14)13-8-4-5-9-15-13/h1-10,16H.